The number of nitrogens with two attached hydrogens (primary N) is 1. The van der Waals surface area contributed by atoms with E-state index < -0.39 is 0 Å². The molecule has 80 valence electrons. The number of likely N-dealkylation sites (tertiary alicyclic amines) is 1. The molecular weight excluding hydrogens is 188 g/mol. The molecule has 1 aliphatic rings. The van der Waals surface area contributed by atoms with Crippen LogP contribution in [-0.2, 0) is 4.79 Å². The molecule has 0 aromatic heterocycles. The Labute approximate surface area is 89.9 Å². The highest BCUT2D eigenvalue weighted by Gasteiger charge is 2.37. The first kappa shape index (κ1) is 10.2. The SMILES string of the molecule is CCN1C(=O)CC(N)C1c1ccccc1. The summed E-state index contributed by atoms with van der Waals surface area (Å²) in [5, 5.41) is 0. The summed E-state index contributed by atoms with van der Waals surface area (Å²) in [6, 6.07) is 10.0. The van der Waals surface area contributed by atoms with Crippen LogP contribution in [0.25, 0.3) is 0 Å². The van der Waals surface area contributed by atoms with E-state index in [1.54, 1.807) is 0 Å². The average molecular weight is 204 g/mol. The Morgan fingerprint density at radius 2 is 2.07 bits per heavy atom. The zero-order chi connectivity index (χ0) is 10.8. The van der Waals surface area contributed by atoms with Crippen molar-refractivity contribution in [2.75, 3.05) is 6.54 Å². The Bertz CT molecular complexity index is 350. The van der Waals surface area contributed by atoms with Crippen molar-refractivity contribution in [3.63, 3.8) is 0 Å². The van der Waals surface area contributed by atoms with E-state index in [9.17, 15) is 4.79 Å². The standard InChI is InChI=1S/C12H16N2O/c1-2-14-11(15)8-10(13)12(14)9-6-4-3-5-7-9/h3-7,10,12H,2,8,13H2,1H3. The van der Waals surface area contributed by atoms with Crippen molar-refractivity contribution in [3.8, 4) is 0 Å². The molecule has 3 heteroatoms. The quantitative estimate of drug-likeness (QED) is 0.789. The highest BCUT2D eigenvalue weighted by molar-refractivity contribution is 5.80. The lowest BCUT2D eigenvalue weighted by atomic mass is 10.0. The van der Waals surface area contributed by atoms with Gasteiger partial charge in [0.15, 0.2) is 0 Å². The molecule has 1 aromatic rings. The first-order chi connectivity index (χ1) is 7.24. The van der Waals surface area contributed by atoms with Gasteiger partial charge in [-0.15, -0.1) is 0 Å². The van der Waals surface area contributed by atoms with E-state index in [2.05, 4.69) is 0 Å². The molecule has 1 heterocycles. The normalized spacial score (nSPS) is 26.0. The topological polar surface area (TPSA) is 46.3 Å². The smallest absolute Gasteiger partial charge is 0.224 e. The predicted octanol–water partition coefficient (Wildman–Crippen LogP) is 1.31. The number of carbonyl (C=O) groups is 1. The Balaban J connectivity index is 2.31. The van der Waals surface area contributed by atoms with E-state index in [1.165, 1.54) is 0 Å². The summed E-state index contributed by atoms with van der Waals surface area (Å²) in [6.07, 6.45) is 0.466. The summed E-state index contributed by atoms with van der Waals surface area (Å²) in [5.74, 6) is 0.166. The van der Waals surface area contributed by atoms with Gasteiger partial charge in [0.05, 0.1) is 6.04 Å². The summed E-state index contributed by atoms with van der Waals surface area (Å²) >= 11 is 0. The van der Waals surface area contributed by atoms with Crippen molar-refractivity contribution < 1.29 is 4.79 Å². The van der Waals surface area contributed by atoms with E-state index in [1.807, 2.05) is 42.2 Å². The summed E-state index contributed by atoms with van der Waals surface area (Å²) < 4.78 is 0. The first-order valence-corrected chi connectivity index (χ1v) is 5.34. The molecule has 2 unspecified atom stereocenters. The summed E-state index contributed by atoms with van der Waals surface area (Å²) in [7, 11) is 0. The van der Waals surface area contributed by atoms with E-state index in [0.29, 0.717) is 6.42 Å². The number of hydrogen-bond acceptors (Lipinski definition) is 2. The Hall–Kier alpha value is -1.35. The molecule has 1 fully saturated rings. The van der Waals surface area contributed by atoms with Gasteiger partial charge in [0.2, 0.25) is 5.91 Å². The largest absolute Gasteiger partial charge is 0.334 e. The van der Waals surface area contributed by atoms with Gasteiger partial charge in [-0.2, -0.15) is 0 Å². The third kappa shape index (κ3) is 1.75. The molecule has 0 bridgehead atoms. The monoisotopic (exact) mass is 204 g/mol. The van der Waals surface area contributed by atoms with Gasteiger partial charge < -0.3 is 10.6 Å². The van der Waals surface area contributed by atoms with Gasteiger partial charge >= 0.3 is 0 Å². The van der Waals surface area contributed by atoms with Crippen molar-refractivity contribution in [1.82, 2.24) is 4.90 Å². The second-order valence-corrected chi connectivity index (χ2v) is 3.90. The van der Waals surface area contributed by atoms with Crippen LogP contribution in [0, 0.1) is 0 Å². The van der Waals surface area contributed by atoms with E-state index in [4.69, 9.17) is 5.73 Å². The van der Waals surface area contributed by atoms with Gasteiger partial charge in [-0.1, -0.05) is 30.3 Å². The molecule has 0 saturated carbocycles. The molecule has 1 saturated heterocycles. The minimum Gasteiger partial charge on any atom is -0.334 e. The summed E-state index contributed by atoms with van der Waals surface area (Å²) in [5.41, 5.74) is 7.14. The van der Waals surface area contributed by atoms with Crippen molar-refractivity contribution in [3.05, 3.63) is 35.9 Å². The van der Waals surface area contributed by atoms with Gasteiger partial charge in [-0.3, -0.25) is 4.79 Å². The molecule has 1 aliphatic heterocycles. The maximum Gasteiger partial charge on any atom is 0.224 e. The molecule has 15 heavy (non-hydrogen) atoms. The maximum absolute atomic E-state index is 11.6. The number of benzene rings is 1. The fourth-order valence-corrected chi connectivity index (χ4v) is 2.27. The number of nitrogens with zero attached hydrogens (tertiary/aromatic N) is 1. The van der Waals surface area contributed by atoms with Crippen LogP contribution in [0.2, 0.25) is 0 Å². The van der Waals surface area contributed by atoms with Crippen molar-refractivity contribution in [1.29, 1.82) is 0 Å². The summed E-state index contributed by atoms with van der Waals surface area (Å²) in [6.45, 7) is 2.72. The molecule has 1 aromatic carbocycles. The van der Waals surface area contributed by atoms with Crippen molar-refractivity contribution >= 4 is 5.91 Å². The molecule has 2 rings (SSSR count). The molecule has 2 atom stereocenters. The van der Waals surface area contributed by atoms with E-state index in [-0.39, 0.29) is 18.0 Å². The number of carbonyl (C=O) groups excluding carboxylic acids is 1. The fourth-order valence-electron chi connectivity index (χ4n) is 2.27. The highest BCUT2D eigenvalue weighted by Crippen LogP contribution is 2.31. The zero-order valence-corrected chi connectivity index (χ0v) is 8.89. The lowest BCUT2D eigenvalue weighted by molar-refractivity contribution is -0.128. The summed E-state index contributed by atoms with van der Waals surface area (Å²) in [4.78, 5) is 13.5. The molecule has 0 aliphatic carbocycles. The maximum atomic E-state index is 11.6. The number of hydrogen-bond donors (Lipinski definition) is 1. The van der Waals surface area contributed by atoms with Crippen molar-refractivity contribution in [2.45, 2.75) is 25.4 Å². The molecule has 1 amide bonds. The molecule has 2 N–H and O–H groups in total. The number of likely N-dealkylation sites (N-methyl/N-ethyl adjacent to an activating group) is 1. The van der Waals surface area contributed by atoms with Crippen LogP contribution in [-0.4, -0.2) is 23.4 Å². The van der Waals surface area contributed by atoms with Crippen LogP contribution in [0.15, 0.2) is 30.3 Å². The number of amides is 1. The first-order valence-electron chi connectivity index (χ1n) is 5.34. The van der Waals surface area contributed by atoms with Crippen LogP contribution in [0.4, 0.5) is 0 Å². The third-order valence-corrected chi connectivity index (χ3v) is 2.95. The van der Waals surface area contributed by atoms with E-state index >= 15 is 0 Å². The highest BCUT2D eigenvalue weighted by atomic mass is 16.2. The minimum atomic E-state index is -0.0696. The Kier molecular flexibility index (Phi) is 2.73. The van der Waals surface area contributed by atoms with Crippen LogP contribution >= 0.6 is 0 Å². The Morgan fingerprint density at radius 1 is 1.40 bits per heavy atom. The zero-order valence-electron chi connectivity index (χ0n) is 8.89. The Morgan fingerprint density at radius 3 is 2.67 bits per heavy atom. The van der Waals surface area contributed by atoms with Gasteiger partial charge in [0, 0.05) is 19.0 Å². The van der Waals surface area contributed by atoms with Crippen LogP contribution in [0.1, 0.15) is 24.9 Å². The predicted molar refractivity (Wildman–Crippen MR) is 59.2 cm³/mol. The van der Waals surface area contributed by atoms with Crippen LogP contribution in [0.3, 0.4) is 0 Å². The molecule has 0 radical (unpaired) electrons. The van der Waals surface area contributed by atoms with Gasteiger partial charge in [-0.05, 0) is 12.5 Å². The van der Waals surface area contributed by atoms with Crippen molar-refractivity contribution in [2.24, 2.45) is 5.73 Å². The van der Waals surface area contributed by atoms with E-state index in [0.717, 1.165) is 12.1 Å². The molecule has 0 spiro atoms. The lowest BCUT2D eigenvalue weighted by Crippen LogP contribution is -2.32. The van der Waals surface area contributed by atoms with Crippen LogP contribution in [0.5, 0.6) is 0 Å². The minimum absolute atomic E-state index is 0.0590. The fraction of sp³-hybridized carbons (Fsp3) is 0.417. The molecular formula is C12H16N2O. The second kappa shape index (κ2) is 4.03. The second-order valence-electron chi connectivity index (χ2n) is 3.90. The van der Waals surface area contributed by atoms with Gasteiger partial charge in [-0.25, -0.2) is 0 Å². The molecule has 3 nitrogen and oxygen atoms in total. The third-order valence-electron chi connectivity index (χ3n) is 2.95. The van der Waals surface area contributed by atoms with Gasteiger partial charge in [0.25, 0.3) is 0 Å². The average Bonchev–Trinajstić information content (AvgIpc) is 2.54. The lowest BCUT2D eigenvalue weighted by Gasteiger charge is -2.25. The number of rotatable bonds is 2. The van der Waals surface area contributed by atoms with Crippen LogP contribution < -0.4 is 5.73 Å². The van der Waals surface area contributed by atoms with Gasteiger partial charge in [0.1, 0.15) is 0 Å².